The first kappa shape index (κ1) is 20.3. The molecule has 6 nitrogen and oxygen atoms in total. The number of thiophene rings is 1. The van der Waals surface area contributed by atoms with Crippen LogP contribution in [0.3, 0.4) is 0 Å². The number of nitrogens with zero attached hydrogens (tertiary/aromatic N) is 2. The van der Waals surface area contributed by atoms with Gasteiger partial charge < -0.3 is 19.7 Å². The summed E-state index contributed by atoms with van der Waals surface area (Å²) < 4.78 is 35.5. The third-order valence-electron chi connectivity index (χ3n) is 3.83. The van der Waals surface area contributed by atoms with Crippen molar-refractivity contribution in [1.29, 1.82) is 0 Å². The summed E-state index contributed by atoms with van der Waals surface area (Å²) >= 11 is 2.88. The minimum atomic E-state index is -2.93. The highest BCUT2D eigenvalue weighted by molar-refractivity contribution is 7.29. The lowest BCUT2D eigenvalue weighted by Gasteiger charge is -2.11. The Kier molecular flexibility index (Phi) is 6.30. The van der Waals surface area contributed by atoms with Crippen LogP contribution in [-0.4, -0.2) is 45.3 Å². The number of hydrogen-bond acceptors (Lipinski definition) is 7. The standard InChI is InChI=1S/C18H19F2N3O3S2/c1-23(2)18-22-16-14(28-18)9-13(27-16)15(24)21-7-6-10-4-5-11(25-3)12(8-10)26-17(19)20/h4-5,8-9,17H,6-7H2,1-3H3,(H,21,24). The summed E-state index contributed by atoms with van der Waals surface area (Å²) in [4.78, 5) is 20.2. The van der Waals surface area contributed by atoms with Gasteiger partial charge in [0.25, 0.3) is 5.91 Å². The number of rotatable bonds is 8. The third-order valence-corrected chi connectivity index (χ3v) is 6.15. The predicted molar refractivity (Wildman–Crippen MR) is 107 cm³/mol. The molecular weight excluding hydrogens is 408 g/mol. The summed E-state index contributed by atoms with van der Waals surface area (Å²) in [7, 11) is 5.23. The second-order valence-corrected chi connectivity index (χ2v) is 8.08. The van der Waals surface area contributed by atoms with Crippen LogP contribution in [0.15, 0.2) is 24.3 Å². The fraction of sp³-hybridized carbons (Fsp3) is 0.333. The van der Waals surface area contributed by atoms with Crippen molar-refractivity contribution in [3.05, 3.63) is 34.7 Å². The van der Waals surface area contributed by atoms with Crippen LogP contribution in [0.25, 0.3) is 9.53 Å². The van der Waals surface area contributed by atoms with Crippen LogP contribution < -0.4 is 19.7 Å². The first-order valence-corrected chi connectivity index (χ1v) is 9.98. The van der Waals surface area contributed by atoms with Crippen LogP contribution in [0.5, 0.6) is 11.5 Å². The molecule has 0 radical (unpaired) electrons. The van der Waals surface area contributed by atoms with Crippen LogP contribution in [-0.2, 0) is 6.42 Å². The van der Waals surface area contributed by atoms with Crippen molar-refractivity contribution < 1.29 is 23.0 Å². The second kappa shape index (κ2) is 8.70. The molecule has 3 aromatic rings. The van der Waals surface area contributed by atoms with Crippen LogP contribution in [0, 0.1) is 0 Å². The van der Waals surface area contributed by atoms with Gasteiger partial charge in [0.1, 0.15) is 4.83 Å². The molecule has 0 spiro atoms. The molecule has 150 valence electrons. The van der Waals surface area contributed by atoms with Crippen LogP contribution in [0.1, 0.15) is 15.2 Å². The molecule has 1 amide bonds. The molecule has 0 atom stereocenters. The summed E-state index contributed by atoms with van der Waals surface area (Å²) in [5.41, 5.74) is 0.751. The van der Waals surface area contributed by atoms with Gasteiger partial charge in [-0.1, -0.05) is 17.4 Å². The van der Waals surface area contributed by atoms with E-state index in [1.807, 2.05) is 25.1 Å². The van der Waals surface area contributed by atoms with E-state index < -0.39 is 6.61 Å². The molecule has 3 rings (SSSR count). The van der Waals surface area contributed by atoms with Crippen molar-refractivity contribution in [3.63, 3.8) is 0 Å². The molecule has 0 fully saturated rings. The van der Waals surface area contributed by atoms with Crippen molar-refractivity contribution in [2.45, 2.75) is 13.0 Å². The van der Waals surface area contributed by atoms with Gasteiger partial charge in [0.2, 0.25) is 0 Å². The maximum Gasteiger partial charge on any atom is 0.387 e. The number of hydrogen-bond donors (Lipinski definition) is 1. The SMILES string of the molecule is COc1ccc(CCNC(=O)c2cc3sc(N(C)C)nc3s2)cc1OC(F)F. The summed E-state index contributed by atoms with van der Waals surface area (Å²) in [5.74, 6) is 0.0260. The molecule has 0 saturated heterocycles. The zero-order chi connectivity index (χ0) is 20.3. The number of anilines is 1. The fourth-order valence-corrected chi connectivity index (χ4v) is 4.55. The largest absolute Gasteiger partial charge is 0.493 e. The monoisotopic (exact) mass is 427 g/mol. The van der Waals surface area contributed by atoms with Gasteiger partial charge in [-0.15, -0.1) is 11.3 Å². The number of halogens is 2. The maximum atomic E-state index is 12.5. The lowest BCUT2D eigenvalue weighted by molar-refractivity contribution is -0.0512. The lowest BCUT2D eigenvalue weighted by atomic mass is 10.1. The molecule has 0 unspecified atom stereocenters. The van der Waals surface area contributed by atoms with Gasteiger partial charge in [-0.25, -0.2) is 4.98 Å². The average molecular weight is 427 g/mol. The summed E-state index contributed by atoms with van der Waals surface area (Å²) in [6.45, 7) is -2.57. The zero-order valence-corrected chi connectivity index (χ0v) is 17.1. The van der Waals surface area contributed by atoms with Crippen LogP contribution in [0.4, 0.5) is 13.9 Å². The van der Waals surface area contributed by atoms with Crippen LogP contribution in [0.2, 0.25) is 0 Å². The zero-order valence-electron chi connectivity index (χ0n) is 15.5. The van der Waals surface area contributed by atoms with Gasteiger partial charge in [0.15, 0.2) is 16.6 Å². The molecule has 0 bridgehead atoms. The highest BCUT2D eigenvalue weighted by Crippen LogP contribution is 2.34. The molecule has 0 saturated carbocycles. The van der Waals surface area contributed by atoms with Gasteiger partial charge in [-0.3, -0.25) is 4.79 Å². The Morgan fingerprint density at radius 2 is 2.04 bits per heavy atom. The van der Waals surface area contributed by atoms with E-state index in [4.69, 9.17) is 4.74 Å². The summed E-state index contributed by atoms with van der Waals surface area (Å²) in [6.07, 6.45) is 0.470. The smallest absolute Gasteiger partial charge is 0.387 e. The molecule has 2 aromatic heterocycles. The number of methoxy groups -OCH3 is 1. The van der Waals surface area contributed by atoms with Gasteiger partial charge in [-0.2, -0.15) is 8.78 Å². The van der Waals surface area contributed by atoms with E-state index in [9.17, 15) is 13.6 Å². The molecular formula is C18H19F2N3O3S2. The Bertz CT molecular complexity index is 941. The number of carbonyl (C=O) groups excluding carboxylic acids is 1. The van der Waals surface area contributed by atoms with E-state index >= 15 is 0 Å². The minimum absolute atomic E-state index is 0.0254. The van der Waals surface area contributed by atoms with Gasteiger partial charge in [0.05, 0.1) is 16.7 Å². The van der Waals surface area contributed by atoms with Gasteiger partial charge in [0, 0.05) is 20.6 Å². The molecule has 1 aromatic carbocycles. The van der Waals surface area contributed by atoms with E-state index in [2.05, 4.69) is 15.0 Å². The number of benzene rings is 1. The second-order valence-electron chi connectivity index (χ2n) is 6.04. The number of carbonyl (C=O) groups is 1. The average Bonchev–Trinajstić information content (AvgIpc) is 3.20. The number of fused-ring (bicyclic) bond motifs is 1. The summed E-state index contributed by atoms with van der Waals surface area (Å²) in [5, 5.41) is 3.74. The van der Waals surface area contributed by atoms with E-state index in [1.54, 1.807) is 12.1 Å². The molecule has 0 aliphatic rings. The quantitative estimate of drug-likeness (QED) is 0.589. The molecule has 0 aliphatic carbocycles. The lowest BCUT2D eigenvalue weighted by Crippen LogP contribution is -2.24. The minimum Gasteiger partial charge on any atom is -0.493 e. The maximum absolute atomic E-state index is 12.5. The molecule has 0 aliphatic heterocycles. The van der Waals surface area contributed by atoms with Crippen LogP contribution >= 0.6 is 22.7 Å². The van der Waals surface area contributed by atoms with Crippen molar-refractivity contribution >= 4 is 43.2 Å². The Hall–Kier alpha value is -2.46. The number of alkyl halides is 2. The first-order chi connectivity index (χ1) is 13.4. The number of amides is 1. The highest BCUT2D eigenvalue weighted by Gasteiger charge is 2.15. The Balaban J connectivity index is 1.60. The molecule has 28 heavy (non-hydrogen) atoms. The number of ether oxygens (including phenoxy) is 2. The molecule has 1 N–H and O–H groups in total. The molecule has 2 heterocycles. The van der Waals surface area contributed by atoms with E-state index in [0.29, 0.717) is 17.8 Å². The Morgan fingerprint density at radius 1 is 1.25 bits per heavy atom. The fourth-order valence-electron chi connectivity index (χ4n) is 2.50. The number of aromatic nitrogens is 1. The normalized spacial score (nSPS) is 11.1. The number of thiazole rings is 1. The Labute approximate surface area is 168 Å². The van der Waals surface area contributed by atoms with Crippen molar-refractivity contribution in [1.82, 2.24) is 10.3 Å². The topological polar surface area (TPSA) is 63.7 Å². The Morgan fingerprint density at radius 3 is 2.68 bits per heavy atom. The number of nitrogens with one attached hydrogen (secondary N) is 1. The first-order valence-electron chi connectivity index (χ1n) is 8.35. The molecule has 10 heteroatoms. The highest BCUT2D eigenvalue weighted by atomic mass is 32.1. The van der Waals surface area contributed by atoms with E-state index in [1.165, 1.54) is 35.8 Å². The van der Waals surface area contributed by atoms with Crippen molar-refractivity contribution in [2.75, 3.05) is 32.6 Å². The third kappa shape index (κ3) is 4.68. The van der Waals surface area contributed by atoms with E-state index in [0.717, 1.165) is 20.2 Å². The van der Waals surface area contributed by atoms with Gasteiger partial charge >= 0.3 is 6.61 Å². The van der Waals surface area contributed by atoms with Crippen molar-refractivity contribution in [3.8, 4) is 11.5 Å². The predicted octanol–water partition coefficient (Wildman–Crippen LogP) is 4.01. The van der Waals surface area contributed by atoms with Gasteiger partial charge in [-0.05, 0) is 30.2 Å². The van der Waals surface area contributed by atoms with E-state index in [-0.39, 0.29) is 17.4 Å². The summed E-state index contributed by atoms with van der Waals surface area (Å²) in [6, 6.07) is 6.64. The van der Waals surface area contributed by atoms with Crippen molar-refractivity contribution in [2.24, 2.45) is 0 Å².